The van der Waals surface area contributed by atoms with Crippen LogP contribution in [0, 0.1) is 6.92 Å². The van der Waals surface area contributed by atoms with Gasteiger partial charge < -0.3 is 4.42 Å². The van der Waals surface area contributed by atoms with Crippen LogP contribution in [0.25, 0.3) is 10.9 Å². The van der Waals surface area contributed by atoms with Crippen LogP contribution in [-0.2, 0) is 5.88 Å². The van der Waals surface area contributed by atoms with E-state index in [4.69, 9.17) is 16.0 Å². The summed E-state index contributed by atoms with van der Waals surface area (Å²) in [7, 11) is 0. The first-order valence-electron chi connectivity index (χ1n) is 6.60. The molecule has 108 valence electrons. The molecule has 2 aromatic heterocycles. The molecule has 0 radical (unpaired) electrons. The van der Waals surface area contributed by atoms with Crippen LogP contribution in [0.15, 0.2) is 39.7 Å². The molecule has 1 atom stereocenters. The van der Waals surface area contributed by atoms with Crippen molar-refractivity contribution in [3.05, 3.63) is 58.3 Å². The van der Waals surface area contributed by atoms with Crippen LogP contribution in [0.2, 0.25) is 0 Å². The average Bonchev–Trinajstić information content (AvgIpc) is 2.93. The van der Waals surface area contributed by atoms with Crippen LogP contribution in [0.4, 0.5) is 0 Å². The Morgan fingerprint density at radius 3 is 2.81 bits per heavy atom. The highest BCUT2D eigenvalue weighted by Crippen LogP contribution is 2.19. The maximum absolute atomic E-state index is 12.7. The summed E-state index contributed by atoms with van der Waals surface area (Å²) in [5.74, 6) is 1.82. The van der Waals surface area contributed by atoms with Crippen molar-refractivity contribution in [2.75, 3.05) is 0 Å². The van der Waals surface area contributed by atoms with Crippen LogP contribution in [0.3, 0.4) is 0 Å². The SMILES string of the molecule is Cc1cnc(C(C)n2c(CCl)nc3ccccc3c2=O)o1. The molecule has 0 saturated carbocycles. The summed E-state index contributed by atoms with van der Waals surface area (Å²) >= 11 is 5.97. The molecule has 5 nitrogen and oxygen atoms in total. The van der Waals surface area contributed by atoms with Crippen molar-refractivity contribution in [1.82, 2.24) is 14.5 Å². The van der Waals surface area contributed by atoms with E-state index in [1.165, 1.54) is 0 Å². The van der Waals surface area contributed by atoms with Gasteiger partial charge in [0.2, 0.25) is 5.89 Å². The van der Waals surface area contributed by atoms with Crippen LogP contribution < -0.4 is 5.56 Å². The molecule has 0 aliphatic rings. The third-order valence-electron chi connectivity index (χ3n) is 3.38. The van der Waals surface area contributed by atoms with Crippen molar-refractivity contribution in [2.45, 2.75) is 25.8 Å². The van der Waals surface area contributed by atoms with E-state index in [0.717, 1.165) is 0 Å². The number of oxazole rings is 1. The van der Waals surface area contributed by atoms with Gasteiger partial charge in [-0.1, -0.05) is 12.1 Å². The zero-order chi connectivity index (χ0) is 15.0. The van der Waals surface area contributed by atoms with E-state index in [2.05, 4.69) is 9.97 Å². The molecular formula is C15H14ClN3O2. The third-order valence-corrected chi connectivity index (χ3v) is 3.62. The van der Waals surface area contributed by atoms with Crippen molar-refractivity contribution in [3.63, 3.8) is 0 Å². The van der Waals surface area contributed by atoms with E-state index in [1.807, 2.05) is 26.0 Å². The fraction of sp³-hybridized carbons (Fsp3) is 0.267. The predicted octanol–water partition coefficient (Wildman–Crippen LogP) is 3.04. The quantitative estimate of drug-likeness (QED) is 0.698. The fourth-order valence-electron chi connectivity index (χ4n) is 2.36. The number of halogens is 1. The molecule has 6 heteroatoms. The van der Waals surface area contributed by atoms with Crippen molar-refractivity contribution < 1.29 is 4.42 Å². The Morgan fingerprint density at radius 1 is 1.38 bits per heavy atom. The van der Waals surface area contributed by atoms with Gasteiger partial charge in [0.1, 0.15) is 17.6 Å². The summed E-state index contributed by atoms with van der Waals surface area (Å²) < 4.78 is 7.07. The summed E-state index contributed by atoms with van der Waals surface area (Å²) in [6, 6.07) is 6.86. The Hall–Kier alpha value is -2.14. The van der Waals surface area contributed by atoms with Crippen LogP contribution in [0.5, 0.6) is 0 Å². The molecule has 0 aliphatic heterocycles. The maximum atomic E-state index is 12.7. The Kier molecular flexibility index (Phi) is 3.51. The van der Waals surface area contributed by atoms with Gasteiger partial charge in [0.15, 0.2) is 0 Å². The largest absolute Gasteiger partial charge is 0.444 e. The minimum atomic E-state index is -0.364. The number of fused-ring (bicyclic) bond motifs is 1. The van der Waals surface area contributed by atoms with Gasteiger partial charge in [-0.15, -0.1) is 11.6 Å². The lowest BCUT2D eigenvalue weighted by Gasteiger charge is -2.16. The molecule has 0 amide bonds. The molecule has 3 aromatic rings. The molecule has 0 fully saturated rings. The van der Waals surface area contributed by atoms with Crippen molar-refractivity contribution in [2.24, 2.45) is 0 Å². The Balaban J connectivity index is 2.25. The summed E-state index contributed by atoms with van der Waals surface area (Å²) in [5, 5.41) is 0.557. The minimum absolute atomic E-state index is 0.139. The van der Waals surface area contributed by atoms with Gasteiger partial charge in [0, 0.05) is 0 Å². The Morgan fingerprint density at radius 2 is 2.14 bits per heavy atom. The lowest BCUT2D eigenvalue weighted by molar-refractivity contribution is 0.404. The number of aryl methyl sites for hydroxylation is 1. The van der Waals surface area contributed by atoms with Gasteiger partial charge in [-0.25, -0.2) is 9.97 Å². The van der Waals surface area contributed by atoms with Crippen LogP contribution >= 0.6 is 11.6 Å². The number of nitrogens with zero attached hydrogens (tertiary/aromatic N) is 3. The second-order valence-corrected chi connectivity index (χ2v) is 5.11. The molecular weight excluding hydrogens is 290 g/mol. The first-order valence-corrected chi connectivity index (χ1v) is 7.13. The lowest BCUT2D eigenvalue weighted by Crippen LogP contribution is -2.28. The molecule has 1 aromatic carbocycles. The van der Waals surface area contributed by atoms with Gasteiger partial charge in [-0.2, -0.15) is 0 Å². The number of para-hydroxylation sites is 1. The van der Waals surface area contributed by atoms with Crippen molar-refractivity contribution >= 4 is 22.5 Å². The summed E-state index contributed by atoms with van der Waals surface area (Å²) in [6.07, 6.45) is 1.63. The first kappa shape index (κ1) is 13.8. The molecule has 1 unspecified atom stereocenters. The van der Waals surface area contributed by atoms with Gasteiger partial charge in [0.25, 0.3) is 5.56 Å². The molecule has 0 aliphatic carbocycles. The van der Waals surface area contributed by atoms with E-state index < -0.39 is 0 Å². The van der Waals surface area contributed by atoms with Crippen molar-refractivity contribution in [3.8, 4) is 0 Å². The molecule has 0 bridgehead atoms. The maximum Gasteiger partial charge on any atom is 0.262 e. The number of rotatable bonds is 3. The summed E-state index contributed by atoms with van der Waals surface area (Å²) in [5.41, 5.74) is 0.504. The van der Waals surface area contributed by atoms with Gasteiger partial charge in [0.05, 0.1) is 23.0 Å². The van der Waals surface area contributed by atoms with E-state index >= 15 is 0 Å². The number of hydrogen-bond donors (Lipinski definition) is 0. The molecule has 2 heterocycles. The number of aromatic nitrogens is 3. The Bertz CT molecular complexity index is 853. The fourth-order valence-corrected chi connectivity index (χ4v) is 2.55. The summed E-state index contributed by atoms with van der Waals surface area (Å²) in [4.78, 5) is 21.4. The monoisotopic (exact) mass is 303 g/mol. The van der Waals surface area contributed by atoms with E-state index in [1.54, 1.807) is 22.9 Å². The van der Waals surface area contributed by atoms with E-state index in [9.17, 15) is 4.79 Å². The number of alkyl halides is 1. The topological polar surface area (TPSA) is 60.9 Å². The second kappa shape index (κ2) is 5.33. The Labute approximate surface area is 126 Å². The van der Waals surface area contributed by atoms with Gasteiger partial charge in [-0.05, 0) is 26.0 Å². The lowest BCUT2D eigenvalue weighted by atomic mass is 10.2. The second-order valence-electron chi connectivity index (χ2n) is 4.84. The molecule has 3 rings (SSSR count). The zero-order valence-electron chi connectivity index (χ0n) is 11.7. The van der Waals surface area contributed by atoms with Crippen LogP contribution in [0.1, 0.15) is 30.4 Å². The van der Waals surface area contributed by atoms with Crippen molar-refractivity contribution in [1.29, 1.82) is 0 Å². The third kappa shape index (κ3) is 2.34. The highest BCUT2D eigenvalue weighted by Gasteiger charge is 2.20. The predicted molar refractivity (Wildman–Crippen MR) is 80.6 cm³/mol. The van der Waals surface area contributed by atoms with E-state index in [-0.39, 0.29) is 17.5 Å². The summed E-state index contributed by atoms with van der Waals surface area (Å²) in [6.45, 7) is 3.66. The smallest absolute Gasteiger partial charge is 0.262 e. The van der Waals surface area contributed by atoms with Crippen LogP contribution in [-0.4, -0.2) is 14.5 Å². The van der Waals surface area contributed by atoms with Gasteiger partial charge >= 0.3 is 0 Å². The minimum Gasteiger partial charge on any atom is -0.444 e. The number of benzene rings is 1. The highest BCUT2D eigenvalue weighted by molar-refractivity contribution is 6.16. The zero-order valence-corrected chi connectivity index (χ0v) is 12.5. The van der Waals surface area contributed by atoms with Gasteiger partial charge in [-0.3, -0.25) is 9.36 Å². The number of hydrogen-bond acceptors (Lipinski definition) is 4. The molecule has 21 heavy (non-hydrogen) atoms. The molecule has 0 spiro atoms. The van der Waals surface area contributed by atoms with E-state index in [0.29, 0.717) is 28.4 Å². The average molecular weight is 304 g/mol. The highest BCUT2D eigenvalue weighted by atomic mass is 35.5. The normalized spacial score (nSPS) is 12.7. The standard InChI is InChI=1S/C15H14ClN3O2/c1-9-8-17-14(21-9)10(2)19-13(7-16)18-12-6-4-3-5-11(12)15(19)20/h3-6,8,10H,7H2,1-2H3. The first-order chi connectivity index (χ1) is 10.1. The molecule has 0 N–H and O–H groups in total. The molecule has 0 saturated heterocycles.